The Hall–Kier alpha value is -2.09. The van der Waals surface area contributed by atoms with Gasteiger partial charge in [-0.1, -0.05) is 0 Å². The second-order valence-electron chi connectivity index (χ2n) is 4.45. The van der Waals surface area contributed by atoms with Gasteiger partial charge in [-0.05, 0) is 32.4 Å². The molecule has 1 heterocycles. The van der Waals surface area contributed by atoms with Crippen LogP contribution in [0.5, 0.6) is 0 Å². The largest absolute Gasteiger partial charge is 0.481 e. The van der Waals surface area contributed by atoms with E-state index in [1.54, 1.807) is 18.3 Å². The molecule has 5 nitrogen and oxygen atoms in total. The molecule has 2 N–H and O–H groups in total. The van der Waals surface area contributed by atoms with Crippen molar-refractivity contribution in [2.24, 2.45) is 0 Å². The molecule has 0 amide bonds. The van der Waals surface area contributed by atoms with Gasteiger partial charge in [-0.2, -0.15) is 5.26 Å². The Morgan fingerprint density at radius 3 is 2.76 bits per heavy atom. The zero-order chi connectivity index (χ0) is 12.9. The van der Waals surface area contributed by atoms with E-state index in [-0.39, 0.29) is 12.0 Å². The first-order valence-electron chi connectivity index (χ1n) is 5.29. The molecule has 0 aliphatic rings. The molecule has 5 heteroatoms. The van der Waals surface area contributed by atoms with Gasteiger partial charge in [0.15, 0.2) is 0 Å². The first-order chi connectivity index (χ1) is 7.93. The third-order valence-corrected chi connectivity index (χ3v) is 2.32. The summed E-state index contributed by atoms with van der Waals surface area (Å²) in [4.78, 5) is 14.4. The molecule has 1 rings (SSSR count). The Labute approximate surface area is 100 Å². The Balaban J connectivity index is 2.62. The summed E-state index contributed by atoms with van der Waals surface area (Å²) < 4.78 is 0. The molecule has 0 saturated heterocycles. The summed E-state index contributed by atoms with van der Waals surface area (Å²) in [6, 6.07) is 5.32. The van der Waals surface area contributed by atoms with Crippen LogP contribution in [0.4, 0.5) is 5.69 Å². The quantitative estimate of drug-likeness (QED) is 0.812. The lowest BCUT2D eigenvalue weighted by Gasteiger charge is -2.26. The number of nitrogens with one attached hydrogen (secondary N) is 1. The van der Waals surface area contributed by atoms with Gasteiger partial charge < -0.3 is 10.4 Å². The van der Waals surface area contributed by atoms with Gasteiger partial charge >= 0.3 is 5.97 Å². The number of carbonyl (C=O) groups is 1. The molecule has 1 aromatic rings. The minimum absolute atomic E-state index is 0.115. The minimum Gasteiger partial charge on any atom is -0.481 e. The lowest BCUT2D eigenvalue weighted by molar-refractivity contribution is -0.137. The van der Waals surface area contributed by atoms with E-state index in [0.29, 0.717) is 12.1 Å². The van der Waals surface area contributed by atoms with Crippen molar-refractivity contribution in [3.8, 4) is 6.07 Å². The van der Waals surface area contributed by atoms with Crippen molar-refractivity contribution < 1.29 is 9.90 Å². The van der Waals surface area contributed by atoms with Crippen LogP contribution in [0.3, 0.4) is 0 Å². The van der Waals surface area contributed by atoms with Crippen molar-refractivity contribution in [3.05, 3.63) is 24.0 Å². The fraction of sp³-hybridized carbons (Fsp3) is 0.417. The molecular formula is C12H15N3O2. The lowest BCUT2D eigenvalue weighted by Crippen LogP contribution is -2.31. The molecule has 17 heavy (non-hydrogen) atoms. The number of rotatable bonds is 5. The molecule has 0 unspecified atom stereocenters. The highest BCUT2D eigenvalue weighted by Crippen LogP contribution is 2.19. The maximum Gasteiger partial charge on any atom is 0.303 e. The van der Waals surface area contributed by atoms with E-state index in [1.165, 1.54) is 0 Å². The highest BCUT2D eigenvalue weighted by molar-refractivity contribution is 5.66. The van der Waals surface area contributed by atoms with E-state index in [9.17, 15) is 4.79 Å². The molecule has 90 valence electrons. The van der Waals surface area contributed by atoms with Crippen molar-refractivity contribution in [3.63, 3.8) is 0 Å². The van der Waals surface area contributed by atoms with E-state index >= 15 is 0 Å². The van der Waals surface area contributed by atoms with Crippen LogP contribution < -0.4 is 5.32 Å². The zero-order valence-electron chi connectivity index (χ0n) is 9.90. The van der Waals surface area contributed by atoms with Gasteiger partial charge in [-0.15, -0.1) is 0 Å². The third-order valence-electron chi connectivity index (χ3n) is 2.32. The summed E-state index contributed by atoms with van der Waals surface area (Å²) >= 11 is 0. The molecule has 0 saturated carbocycles. The van der Waals surface area contributed by atoms with Gasteiger partial charge in [0.25, 0.3) is 0 Å². The Morgan fingerprint density at radius 1 is 1.59 bits per heavy atom. The number of nitrogens with zero attached hydrogens (tertiary/aromatic N) is 2. The molecule has 0 fully saturated rings. The summed E-state index contributed by atoms with van der Waals surface area (Å²) in [6.07, 6.45) is 2.20. The summed E-state index contributed by atoms with van der Waals surface area (Å²) in [5, 5.41) is 20.4. The fourth-order valence-corrected chi connectivity index (χ4v) is 1.41. The molecule has 0 radical (unpaired) electrons. The average molecular weight is 233 g/mol. The van der Waals surface area contributed by atoms with Crippen LogP contribution in [-0.4, -0.2) is 21.6 Å². The number of aromatic nitrogens is 1. The van der Waals surface area contributed by atoms with E-state index in [0.717, 1.165) is 5.69 Å². The van der Waals surface area contributed by atoms with E-state index < -0.39 is 5.97 Å². The molecule has 1 aromatic heterocycles. The average Bonchev–Trinajstić information content (AvgIpc) is 2.27. The van der Waals surface area contributed by atoms with Gasteiger partial charge in [0.05, 0.1) is 11.9 Å². The summed E-state index contributed by atoms with van der Waals surface area (Å²) in [5.74, 6) is -0.808. The van der Waals surface area contributed by atoms with Crippen molar-refractivity contribution in [1.29, 1.82) is 5.26 Å². The highest BCUT2D eigenvalue weighted by atomic mass is 16.4. The number of nitriles is 1. The van der Waals surface area contributed by atoms with Gasteiger partial charge in [0.1, 0.15) is 11.8 Å². The first kappa shape index (κ1) is 13.0. The van der Waals surface area contributed by atoms with Crippen LogP contribution in [0.2, 0.25) is 0 Å². The number of carboxylic acid groups (broad SMARTS) is 1. The predicted molar refractivity (Wildman–Crippen MR) is 63.5 cm³/mol. The minimum atomic E-state index is -0.808. The molecule has 0 atom stereocenters. The van der Waals surface area contributed by atoms with Crippen molar-refractivity contribution in [2.45, 2.75) is 32.2 Å². The lowest BCUT2D eigenvalue weighted by atomic mass is 9.98. The predicted octanol–water partition coefficient (Wildman–Crippen LogP) is 2.01. The molecule has 0 aromatic carbocycles. The number of hydrogen-bond acceptors (Lipinski definition) is 4. The fourth-order valence-electron chi connectivity index (χ4n) is 1.41. The smallest absolute Gasteiger partial charge is 0.303 e. The maximum atomic E-state index is 10.5. The van der Waals surface area contributed by atoms with Gasteiger partial charge in [-0.25, -0.2) is 4.98 Å². The van der Waals surface area contributed by atoms with Crippen molar-refractivity contribution in [1.82, 2.24) is 4.98 Å². The Morgan fingerprint density at radius 2 is 2.29 bits per heavy atom. The molecular weight excluding hydrogens is 218 g/mol. The third kappa shape index (κ3) is 4.51. The van der Waals surface area contributed by atoms with E-state index in [4.69, 9.17) is 10.4 Å². The number of carboxylic acids is 1. The standard InChI is InChI=1S/C12H15N3O2/c1-12(2,6-5-11(16)17)15-10-4-3-9(7-13)14-8-10/h3-4,8,15H,5-6H2,1-2H3,(H,16,17). The first-order valence-corrected chi connectivity index (χ1v) is 5.29. The molecule has 0 bridgehead atoms. The van der Waals surface area contributed by atoms with Crippen LogP contribution in [0.25, 0.3) is 0 Å². The van der Waals surface area contributed by atoms with Crippen LogP contribution >= 0.6 is 0 Å². The normalized spacial score (nSPS) is 10.6. The molecule has 0 spiro atoms. The van der Waals surface area contributed by atoms with Gasteiger partial charge in [-0.3, -0.25) is 4.79 Å². The zero-order valence-corrected chi connectivity index (χ0v) is 9.90. The van der Waals surface area contributed by atoms with Crippen LogP contribution in [0.1, 0.15) is 32.4 Å². The second kappa shape index (κ2) is 5.30. The number of anilines is 1. The van der Waals surface area contributed by atoms with Crippen LogP contribution in [-0.2, 0) is 4.79 Å². The number of hydrogen-bond donors (Lipinski definition) is 2. The Kier molecular flexibility index (Phi) is 4.05. The number of aliphatic carboxylic acids is 1. The molecule has 0 aliphatic carbocycles. The second-order valence-corrected chi connectivity index (χ2v) is 4.45. The summed E-state index contributed by atoms with van der Waals surface area (Å²) in [6.45, 7) is 3.85. The monoisotopic (exact) mass is 233 g/mol. The van der Waals surface area contributed by atoms with E-state index in [2.05, 4.69) is 10.3 Å². The van der Waals surface area contributed by atoms with Gasteiger partial charge in [0.2, 0.25) is 0 Å². The van der Waals surface area contributed by atoms with Crippen LogP contribution in [0.15, 0.2) is 18.3 Å². The summed E-state index contributed by atoms with van der Waals surface area (Å²) in [7, 11) is 0. The highest BCUT2D eigenvalue weighted by Gasteiger charge is 2.18. The SMILES string of the molecule is CC(C)(CCC(=O)O)Nc1ccc(C#N)nc1. The maximum absolute atomic E-state index is 10.5. The topological polar surface area (TPSA) is 86.0 Å². The van der Waals surface area contributed by atoms with Crippen molar-refractivity contribution in [2.75, 3.05) is 5.32 Å². The Bertz CT molecular complexity index is 432. The van der Waals surface area contributed by atoms with Crippen LogP contribution in [0, 0.1) is 11.3 Å². The summed E-state index contributed by atoms with van der Waals surface area (Å²) in [5.41, 5.74) is 0.812. The molecule has 0 aliphatic heterocycles. The van der Waals surface area contributed by atoms with Gasteiger partial charge in [0, 0.05) is 12.0 Å². The van der Waals surface area contributed by atoms with E-state index in [1.807, 2.05) is 19.9 Å². The van der Waals surface area contributed by atoms with Crippen molar-refractivity contribution >= 4 is 11.7 Å². The number of pyridine rings is 1.